The van der Waals surface area contributed by atoms with E-state index in [0.717, 1.165) is 12.8 Å². The van der Waals surface area contributed by atoms with E-state index in [-0.39, 0.29) is 35.9 Å². The van der Waals surface area contributed by atoms with Gasteiger partial charge in [0.1, 0.15) is 12.1 Å². The number of hydrogen-bond acceptors (Lipinski definition) is 2. The highest BCUT2D eigenvalue weighted by molar-refractivity contribution is 5.97. The van der Waals surface area contributed by atoms with Gasteiger partial charge >= 0.3 is 0 Å². The van der Waals surface area contributed by atoms with E-state index in [0.29, 0.717) is 12.3 Å². The van der Waals surface area contributed by atoms with Crippen LogP contribution in [-0.4, -0.2) is 34.8 Å². The molecular weight excluding hydrogens is 252 g/mol. The third-order valence-electron chi connectivity index (χ3n) is 4.11. The van der Waals surface area contributed by atoms with E-state index >= 15 is 0 Å². The Hall–Kier alpha value is -1.06. The zero-order chi connectivity index (χ0) is 15.4. The second-order valence-corrected chi connectivity index (χ2v) is 6.72. The summed E-state index contributed by atoms with van der Waals surface area (Å²) in [5.74, 6) is 0.841. The third-order valence-corrected chi connectivity index (χ3v) is 4.11. The van der Waals surface area contributed by atoms with E-state index in [4.69, 9.17) is 0 Å². The van der Waals surface area contributed by atoms with Crippen molar-refractivity contribution in [1.29, 1.82) is 0 Å². The van der Waals surface area contributed by atoms with Crippen LogP contribution in [0.3, 0.4) is 0 Å². The lowest BCUT2D eigenvalue weighted by Crippen LogP contribution is -2.66. The van der Waals surface area contributed by atoms with Gasteiger partial charge in [-0.1, -0.05) is 34.6 Å². The van der Waals surface area contributed by atoms with Gasteiger partial charge in [-0.3, -0.25) is 9.59 Å². The number of carbonyl (C=O) groups excluding carboxylic acids is 2. The molecule has 0 bridgehead atoms. The molecule has 1 saturated heterocycles. The summed E-state index contributed by atoms with van der Waals surface area (Å²) in [7, 11) is 0. The van der Waals surface area contributed by atoms with E-state index in [1.54, 1.807) is 0 Å². The van der Waals surface area contributed by atoms with Gasteiger partial charge in [0, 0.05) is 6.04 Å². The predicted octanol–water partition coefficient (Wildman–Crippen LogP) is 2.57. The number of nitrogens with zero attached hydrogens (tertiary/aromatic N) is 1. The molecule has 3 atom stereocenters. The first-order valence-electron chi connectivity index (χ1n) is 7.92. The van der Waals surface area contributed by atoms with Crippen molar-refractivity contribution in [3.8, 4) is 0 Å². The Labute approximate surface area is 123 Å². The summed E-state index contributed by atoms with van der Waals surface area (Å²) < 4.78 is 0. The van der Waals surface area contributed by atoms with E-state index in [2.05, 4.69) is 26.1 Å². The third kappa shape index (κ3) is 3.74. The van der Waals surface area contributed by atoms with Crippen LogP contribution in [0, 0.1) is 11.8 Å². The fourth-order valence-electron chi connectivity index (χ4n) is 2.87. The summed E-state index contributed by atoms with van der Waals surface area (Å²) in [6.07, 6.45) is 2.69. The van der Waals surface area contributed by atoms with Crippen LogP contribution in [0.25, 0.3) is 0 Å². The second kappa shape index (κ2) is 7.09. The van der Waals surface area contributed by atoms with Crippen molar-refractivity contribution < 1.29 is 9.59 Å². The highest BCUT2D eigenvalue weighted by Gasteiger charge is 2.43. The Morgan fingerprint density at radius 2 is 1.70 bits per heavy atom. The molecule has 1 aliphatic heterocycles. The van der Waals surface area contributed by atoms with Gasteiger partial charge in [0.2, 0.25) is 11.8 Å². The van der Waals surface area contributed by atoms with Gasteiger partial charge < -0.3 is 10.2 Å². The van der Waals surface area contributed by atoms with Gasteiger partial charge in [-0.25, -0.2) is 0 Å². The van der Waals surface area contributed by atoms with Gasteiger partial charge in [0.05, 0.1) is 0 Å². The minimum absolute atomic E-state index is 0.00264. The number of amides is 2. The van der Waals surface area contributed by atoms with Gasteiger partial charge in [-0.2, -0.15) is 0 Å². The maximum absolute atomic E-state index is 12.6. The van der Waals surface area contributed by atoms with Crippen molar-refractivity contribution in [2.45, 2.75) is 78.9 Å². The maximum atomic E-state index is 12.6. The first-order chi connectivity index (χ1) is 9.29. The van der Waals surface area contributed by atoms with Crippen molar-refractivity contribution in [3.05, 3.63) is 0 Å². The average Bonchev–Trinajstić information content (AvgIpc) is 2.37. The zero-order valence-electron chi connectivity index (χ0n) is 13.8. The monoisotopic (exact) mass is 282 g/mol. The Kier molecular flexibility index (Phi) is 6.03. The Morgan fingerprint density at radius 3 is 2.15 bits per heavy atom. The first kappa shape index (κ1) is 17.0. The summed E-state index contributed by atoms with van der Waals surface area (Å²) in [5, 5.41) is 2.87. The summed E-state index contributed by atoms with van der Waals surface area (Å²) in [4.78, 5) is 26.8. The van der Waals surface area contributed by atoms with E-state index in [1.165, 1.54) is 0 Å². The molecule has 0 aromatic heterocycles. The van der Waals surface area contributed by atoms with Crippen molar-refractivity contribution in [1.82, 2.24) is 10.2 Å². The molecule has 1 rings (SSSR count). The van der Waals surface area contributed by atoms with E-state index in [1.807, 2.05) is 25.7 Å². The average molecular weight is 282 g/mol. The van der Waals surface area contributed by atoms with E-state index < -0.39 is 0 Å². The number of carbonyl (C=O) groups is 2. The molecule has 0 radical (unpaired) electrons. The van der Waals surface area contributed by atoms with Crippen molar-refractivity contribution >= 4 is 11.8 Å². The zero-order valence-corrected chi connectivity index (χ0v) is 13.8. The first-order valence-corrected chi connectivity index (χ1v) is 7.92. The van der Waals surface area contributed by atoms with Crippen LogP contribution < -0.4 is 5.32 Å². The Morgan fingerprint density at radius 1 is 1.10 bits per heavy atom. The molecule has 0 aliphatic carbocycles. The van der Waals surface area contributed by atoms with Crippen molar-refractivity contribution in [2.75, 3.05) is 0 Å². The molecule has 0 aromatic carbocycles. The fourth-order valence-corrected chi connectivity index (χ4v) is 2.87. The highest BCUT2D eigenvalue weighted by Crippen LogP contribution is 2.24. The maximum Gasteiger partial charge on any atom is 0.246 e. The van der Waals surface area contributed by atoms with Crippen LogP contribution in [0.5, 0.6) is 0 Å². The smallest absolute Gasteiger partial charge is 0.246 e. The molecule has 1 aliphatic rings. The number of piperazine rings is 1. The summed E-state index contributed by atoms with van der Waals surface area (Å²) in [6.45, 7) is 12.4. The highest BCUT2D eigenvalue weighted by atomic mass is 16.2. The largest absolute Gasteiger partial charge is 0.343 e. The minimum atomic E-state index is -0.348. The fraction of sp³-hybridized carbons (Fsp3) is 0.875. The molecule has 2 amide bonds. The molecule has 0 spiro atoms. The lowest BCUT2D eigenvalue weighted by Gasteiger charge is -2.44. The lowest BCUT2D eigenvalue weighted by molar-refractivity contribution is -0.154. The Balaban J connectivity index is 2.93. The molecule has 4 heteroatoms. The minimum Gasteiger partial charge on any atom is -0.343 e. The molecule has 116 valence electrons. The summed E-state index contributed by atoms with van der Waals surface area (Å²) >= 11 is 0. The van der Waals surface area contributed by atoms with Crippen LogP contribution in [0.4, 0.5) is 0 Å². The number of nitrogens with one attached hydrogen (secondary N) is 1. The van der Waals surface area contributed by atoms with Crippen LogP contribution in [0.1, 0.15) is 60.8 Å². The molecule has 1 heterocycles. The van der Waals surface area contributed by atoms with Gasteiger partial charge in [-0.05, 0) is 38.0 Å². The van der Waals surface area contributed by atoms with Crippen LogP contribution >= 0.6 is 0 Å². The van der Waals surface area contributed by atoms with E-state index in [9.17, 15) is 9.59 Å². The SMILES string of the molecule is CCC1NC(=O)C(C(C)C)N(C(C)CCC(C)C)C1=O. The normalized spacial score (nSPS) is 25.3. The molecule has 20 heavy (non-hydrogen) atoms. The molecule has 0 saturated carbocycles. The summed E-state index contributed by atoms with van der Waals surface area (Å²) in [5.41, 5.74) is 0. The molecule has 0 aromatic rings. The van der Waals surface area contributed by atoms with Crippen LogP contribution in [0.15, 0.2) is 0 Å². The molecular formula is C16H30N2O2. The van der Waals surface area contributed by atoms with Crippen molar-refractivity contribution in [2.24, 2.45) is 11.8 Å². The lowest BCUT2D eigenvalue weighted by atomic mass is 9.92. The topological polar surface area (TPSA) is 49.4 Å². The second-order valence-electron chi connectivity index (χ2n) is 6.72. The standard InChI is InChI=1S/C16H30N2O2/c1-7-13-16(20)18(12(6)9-8-10(2)3)14(11(4)5)15(19)17-13/h10-14H,7-9H2,1-6H3,(H,17,19). The van der Waals surface area contributed by atoms with Crippen LogP contribution in [0.2, 0.25) is 0 Å². The summed E-state index contributed by atoms with van der Waals surface area (Å²) in [6, 6.07) is -0.552. The number of rotatable bonds is 6. The molecule has 4 nitrogen and oxygen atoms in total. The molecule has 1 N–H and O–H groups in total. The Bertz CT molecular complexity index is 352. The quantitative estimate of drug-likeness (QED) is 0.814. The van der Waals surface area contributed by atoms with Gasteiger partial charge in [0.15, 0.2) is 0 Å². The molecule has 3 unspecified atom stereocenters. The number of hydrogen-bond donors (Lipinski definition) is 1. The van der Waals surface area contributed by atoms with Crippen LogP contribution in [-0.2, 0) is 9.59 Å². The van der Waals surface area contributed by atoms with Gasteiger partial charge in [-0.15, -0.1) is 0 Å². The predicted molar refractivity (Wildman–Crippen MR) is 81.2 cm³/mol. The molecule has 1 fully saturated rings. The van der Waals surface area contributed by atoms with Gasteiger partial charge in [0.25, 0.3) is 0 Å². The van der Waals surface area contributed by atoms with Crippen molar-refractivity contribution in [3.63, 3.8) is 0 Å².